The van der Waals surface area contributed by atoms with E-state index >= 15 is 0 Å². The smallest absolute Gasteiger partial charge is 0.315 e. The minimum Gasteiger partial charge on any atom is -0.390 e. The highest BCUT2D eigenvalue weighted by molar-refractivity contribution is 7.99. The van der Waals surface area contributed by atoms with Gasteiger partial charge in [-0.3, -0.25) is 0 Å². The molecule has 1 aromatic carbocycles. The Morgan fingerprint density at radius 3 is 2.90 bits per heavy atom. The zero-order chi connectivity index (χ0) is 14.8. The molecule has 1 fully saturated rings. The molecule has 0 spiro atoms. The SMILES string of the molecule is CS[C@@H]1CCC[C@H]1NC(=O)N[C@H]1c2ccccc2C[C@H]1O. The maximum absolute atomic E-state index is 12.2. The number of benzene rings is 1. The molecule has 1 aromatic rings. The Balaban J connectivity index is 1.63. The second-order valence-electron chi connectivity index (χ2n) is 5.88. The van der Waals surface area contributed by atoms with Crippen molar-refractivity contribution in [1.29, 1.82) is 0 Å². The van der Waals surface area contributed by atoms with Gasteiger partial charge in [0.05, 0.1) is 12.1 Å². The second kappa shape index (κ2) is 6.28. The van der Waals surface area contributed by atoms with Gasteiger partial charge in [0.25, 0.3) is 0 Å². The number of thioether (sulfide) groups is 1. The van der Waals surface area contributed by atoms with Crippen molar-refractivity contribution in [1.82, 2.24) is 10.6 Å². The monoisotopic (exact) mass is 306 g/mol. The highest BCUT2D eigenvalue weighted by Gasteiger charge is 2.33. The Kier molecular flexibility index (Phi) is 4.40. The molecule has 2 amide bonds. The van der Waals surface area contributed by atoms with Crippen molar-refractivity contribution in [2.75, 3.05) is 6.26 Å². The third-order valence-electron chi connectivity index (χ3n) is 4.56. The van der Waals surface area contributed by atoms with Crippen LogP contribution in [-0.2, 0) is 6.42 Å². The number of carbonyl (C=O) groups excluding carboxylic acids is 1. The van der Waals surface area contributed by atoms with E-state index in [4.69, 9.17) is 0 Å². The zero-order valence-electron chi connectivity index (χ0n) is 12.2. The first-order valence-electron chi connectivity index (χ1n) is 7.54. The topological polar surface area (TPSA) is 61.4 Å². The summed E-state index contributed by atoms with van der Waals surface area (Å²) in [6.07, 6.45) is 5.56. The molecule has 0 radical (unpaired) electrons. The van der Waals surface area contributed by atoms with Gasteiger partial charge in [0, 0.05) is 17.7 Å². The summed E-state index contributed by atoms with van der Waals surface area (Å²) in [5, 5.41) is 16.7. The van der Waals surface area contributed by atoms with Crippen LogP contribution in [0.25, 0.3) is 0 Å². The quantitative estimate of drug-likeness (QED) is 0.802. The van der Waals surface area contributed by atoms with E-state index in [0.717, 1.165) is 17.5 Å². The van der Waals surface area contributed by atoms with E-state index in [1.165, 1.54) is 12.8 Å². The predicted molar refractivity (Wildman–Crippen MR) is 85.5 cm³/mol. The highest BCUT2D eigenvalue weighted by Crippen LogP contribution is 2.31. The summed E-state index contributed by atoms with van der Waals surface area (Å²) in [6, 6.07) is 7.70. The number of amides is 2. The minimum atomic E-state index is -0.534. The van der Waals surface area contributed by atoms with Crippen molar-refractivity contribution in [3.63, 3.8) is 0 Å². The molecule has 21 heavy (non-hydrogen) atoms. The Hall–Kier alpha value is -1.20. The maximum Gasteiger partial charge on any atom is 0.315 e. The number of fused-ring (bicyclic) bond motifs is 1. The Labute approximate surface area is 129 Å². The molecule has 0 unspecified atom stereocenters. The molecular formula is C16H22N2O2S. The molecule has 5 heteroatoms. The first-order chi connectivity index (χ1) is 10.2. The van der Waals surface area contributed by atoms with Crippen LogP contribution in [0.15, 0.2) is 24.3 Å². The molecule has 3 N–H and O–H groups in total. The fourth-order valence-electron chi connectivity index (χ4n) is 3.47. The van der Waals surface area contributed by atoms with E-state index < -0.39 is 6.10 Å². The number of urea groups is 1. The fourth-order valence-corrected chi connectivity index (χ4v) is 4.41. The van der Waals surface area contributed by atoms with Crippen molar-refractivity contribution < 1.29 is 9.90 Å². The van der Waals surface area contributed by atoms with E-state index in [9.17, 15) is 9.90 Å². The molecule has 0 aromatic heterocycles. The largest absolute Gasteiger partial charge is 0.390 e. The van der Waals surface area contributed by atoms with Crippen molar-refractivity contribution >= 4 is 17.8 Å². The number of carbonyl (C=O) groups is 1. The number of rotatable bonds is 3. The zero-order valence-corrected chi connectivity index (χ0v) is 13.0. The van der Waals surface area contributed by atoms with Gasteiger partial charge >= 0.3 is 6.03 Å². The molecule has 0 aliphatic heterocycles. The van der Waals surface area contributed by atoms with E-state index in [0.29, 0.717) is 11.7 Å². The van der Waals surface area contributed by atoms with Gasteiger partial charge < -0.3 is 15.7 Å². The summed E-state index contributed by atoms with van der Waals surface area (Å²) >= 11 is 1.82. The fraction of sp³-hybridized carbons (Fsp3) is 0.562. The van der Waals surface area contributed by atoms with E-state index in [2.05, 4.69) is 16.9 Å². The summed E-state index contributed by atoms with van der Waals surface area (Å²) < 4.78 is 0. The Morgan fingerprint density at radius 1 is 1.29 bits per heavy atom. The van der Waals surface area contributed by atoms with Gasteiger partial charge in [0.1, 0.15) is 0 Å². The summed E-state index contributed by atoms with van der Waals surface area (Å²) in [4.78, 5) is 12.2. The van der Waals surface area contributed by atoms with Crippen LogP contribution in [0.1, 0.15) is 36.4 Å². The number of aliphatic hydroxyl groups excluding tert-OH is 1. The molecule has 1 saturated carbocycles. The number of aliphatic hydroxyl groups is 1. The molecule has 4 nitrogen and oxygen atoms in total. The molecule has 2 aliphatic rings. The second-order valence-corrected chi connectivity index (χ2v) is 6.95. The van der Waals surface area contributed by atoms with Crippen molar-refractivity contribution in [3.8, 4) is 0 Å². The molecule has 0 saturated heterocycles. The Bertz CT molecular complexity index is 523. The van der Waals surface area contributed by atoms with Crippen LogP contribution in [0.2, 0.25) is 0 Å². The van der Waals surface area contributed by atoms with Gasteiger partial charge in [-0.05, 0) is 30.2 Å². The van der Waals surface area contributed by atoms with Gasteiger partial charge in [-0.15, -0.1) is 0 Å². The van der Waals surface area contributed by atoms with Crippen LogP contribution in [-0.4, -0.2) is 34.8 Å². The molecule has 2 aliphatic carbocycles. The lowest BCUT2D eigenvalue weighted by Gasteiger charge is -2.23. The van der Waals surface area contributed by atoms with Crippen LogP contribution in [0.3, 0.4) is 0 Å². The van der Waals surface area contributed by atoms with Crippen LogP contribution in [0, 0.1) is 0 Å². The standard InChI is InChI=1S/C16H22N2O2S/c1-21-14-8-4-7-12(14)17-16(20)18-15-11-6-3-2-5-10(11)9-13(15)19/h2-3,5-6,12-15,19H,4,7-9H2,1H3,(H2,17,18,20)/t12-,13-,14-,15+/m1/s1. The summed E-state index contributed by atoms with van der Waals surface area (Å²) in [5.41, 5.74) is 2.16. The maximum atomic E-state index is 12.2. The number of nitrogens with one attached hydrogen (secondary N) is 2. The lowest BCUT2D eigenvalue weighted by atomic mass is 10.1. The van der Waals surface area contributed by atoms with E-state index in [1.54, 1.807) is 0 Å². The van der Waals surface area contributed by atoms with Crippen LogP contribution in [0.4, 0.5) is 4.79 Å². The summed E-state index contributed by atoms with van der Waals surface area (Å²) in [6.45, 7) is 0. The molecule has 0 heterocycles. The predicted octanol–water partition coefficient (Wildman–Crippen LogP) is 2.23. The van der Waals surface area contributed by atoms with Gasteiger partial charge in [0.15, 0.2) is 0 Å². The Morgan fingerprint density at radius 2 is 2.10 bits per heavy atom. The van der Waals surface area contributed by atoms with E-state index in [1.807, 2.05) is 36.0 Å². The van der Waals surface area contributed by atoms with Crippen LogP contribution >= 0.6 is 11.8 Å². The van der Waals surface area contributed by atoms with Crippen LogP contribution < -0.4 is 10.6 Å². The molecular weight excluding hydrogens is 284 g/mol. The van der Waals surface area contributed by atoms with E-state index in [-0.39, 0.29) is 18.1 Å². The molecule has 0 bridgehead atoms. The minimum absolute atomic E-state index is 0.165. The van der Waals surface area contributed by atoms with Gasteiger partial charge in [-0.1, -0.05) is 30.7 Å². The third-order valence-corrected chi connectivity index (χ3v) is 5.73. The summed E-state index contributed by atoms with van der Waals surface area (Å²) in [5.74, 6) is 0. The lowest BCUT2D eigenvalue weighted by molar-refractivity contribution is 0.142. The third kappa shape index (κ3) is 3.04. The first-order valence-corrected chi connectivity index (χ1v) is 8.83. The molecule has 114 valence electrons. The van der Waals surface area contributed by atoms with Crippen molar-refractivity contribution in [3.05, 3.63) is 35.4 Å². The molecule has 4 atom stereocenters. The van der Waals surface area contributed by atoms with Crippen molar-refractivity contribution in [2.24, 2.45) is 0 Å². The normalized spacial score (nSPS) is 31.0. The van der Waals surface area contributed by atoms with Gasteiger partial charge in [-0.2, -0.15) is 11.8 Å². The average molecular weight is 306 g/mol. The number of hydrogen-bond acceptors (Lipinski definition) is 3. The first kappa shape index (κ1) is 14.7. The van der Waals surface area contributed by atoms with Crippen molar-refractivity contribution in [2.45, 2.75) is 49.1 Å². The summed E-state index contributed by atoms with van der Waals surface area (Å²) in [7, 11) is 0. The lowest BCUT2D eigenvalue weighted by Crippen LogP contribution is -2.47. The van der Waals surface area contributed by atoms with Crippen LogP contribution in [0.5, 0.6) is 0 Å². The van der Waals surface area contributed by atoms with Gasteiger partial charge in [-0.25, -0.2) is 4.79 Å². The van der Waals surface area contributed by atoms with Gasteiger partial charge in [0.2, 0.25) is 0 Å². The number of hydrogen-bond donors (Lipinski definition) is 3. The highest BCUT2D eigenvalue weighted by atomic mass is 32.2. The average Bonchev–Trinajstić information content (AvgIpc) is 3.04. The molecule has 3 rings (SSSR count).